The first kappa shape index (κ1) is 13.5. The van der Waals surface area contributed by atoms with Gasteiger partial charge >= 0.3 is 0 Å². The van der Waals surface area contributed by atoms with Gasteiger partial charge in [0.25, 0.3) is 0 Å². The average molecular weight is 248 g/mol. The van der Waals surface area contributed by atoms with Crippen molar-refractivity contribution in [2.45, 2.75) is 53.6 Å². The molecule has 0 aliphatic heterocycles. The highest BCUT2D eigenvalue weighted by molar-refractivity contribution is 6.06. The monoisotopic (exact) mass is 248 g/mol. The van der Waals surface area contributed by atoms with E-state index in [2.05, 4.69) is 40.7 Å². The molecule has 0 spiro atoms. The lowest BCUT2D eigenvalue weighted by molar-refractivity contribution is -0.112. The molecule has 0 saturated heterocycles. The molecule has 2 aliphatic carbocycles. The summed E-state index contributed by atoms with van der Waals surface area (Å²) in [4.78, 5) is 12.2. The van der Waals surface area contributed by atoms with Crippen LogP contribution in [0.1, 0.15) is 47.5 Å². The first-order valence-corrected chi connectivity index (χ1v) is 6.83. The Balaban J connectivity index is 2.49. The molecule has 2 aliphatic rings. The molecule has 18 heavy (non-hydrogen) atoms. The fraction of sp³-hybridized carbons (Fsp3) is 0.688. The number of rotatable bonds is 0. The van der Waals surface area contributed by atoms with E-state index in [1.165, 1.54) is 5.57 Å². The Hall–Kier alpha value is -0.890. The Kier molecular flexibility index (Phi) is 3.05. The second-order valence-electron chi connectivity index (χ2n) is 7.02. The van der Waals surface area contributed by atoms with Crippen LogP contribution >= 0.6 is 0 Å². The third-order valence-electron chi connectivity index (χ3n) is 4.75. The highest BCUT2D eigenvalue weighted by atomic mass is 16.3. The Bertz CT molecular complexity index is 437. The van der Waals surface area contributed by atoms with Crippen molar-refractivity contribution in [1.82, 2.24) is 0 Å². The molecule has 2 heteroatoms. The van der Waals surface area contributed by atoms with Crippen molar-refractivity contribution in [3.63, 3.8) is 0 Å². The third kappa shape index (κ3) is 1.97. The van der Waals surface area contributed by atoms with E-state index in [0.29, 0.717) is 0 Å². The largest absolute Gasteiger partial charge is 0.393 e. The molecule has 0 amide bonds. The molecule has 0 bridgehead atoms. The first-order chi connectivity index (χ1) is 8.16. The van der Waals surface area contributed by atoms with Crippen molar-refractivity contribution >= 4 is 5.78 Å². The fourth-order valence-electron chi connectivity index (χ4n) is 3.16. The summed E-state index contributed by atoms with van der Waals surface area (Å²) in [5, 5.41) is 10.1. The number of carbonyl (C=O) groups is 1. The maximum absolute atomic E-state index is 12.2. The number of fused-ring (bicyclic) bond motifs is 1. The van der Waals surface area contributed by atoms with Crippen LogP contribution in [0.15, 0.2) is 23.3 Å². The van der Waals surface area contributed by atoms with Gasteiger partial charge in [0.15, 0.2) is 5.78 Å². The molecule has 0 aromatic heterocycles. The van der Waals surface area contributed by atoms with E-state index in [-0.39, 0.29) is 28.6 Å². The van der Waals surface area contributed by atoms with E-state index in [1.807, 2.05) is 6.08 Å². The van der Waals surface area contributed by atoms with Crippen molar-refractivity contribution in [2.24, 2.45) is 16.7 Å². The molecule has 0 aromatic rings. The zero-order chi connectivity index (χ0) is 13.7. The predicted octanol–water partition coefficient (Wildman–Crippen LogP) is 3.27. The van der Waals surface area contributed by atoms with Gasteiger partial charge in [-0.2, -0.15) is 0 Å². The van der Waals surface area contributed by atoms with Gasteiger partial charge in [-0.15, -0.1) is 0 Å². The number of hydrogen-bond acceptors (Lipinski definition) is 2. The summed E-state index contributed by atoms with van der Waals surface area (Å²) in [6, 6.07) is 0. The summed E-state index contributed by atoms with van der Waals surface area (Å²) in [5.74, 6) is 0.321. The molecule has 100 valence electrons. The van der Waals surface area contributed by atoms with Gasteiger partial charge in [-0.25, -0.2) is 0 Å². The number of carbonyl (C=O) groups excluding carboxylic acids is 1. The van der Waals surface area contributed by atoms with Gasteiger partial charge in [0.05, 0.1) is 6.10 Å². The van der Waals surface area contributed by atoms with Crippen LogP contribution in [0.25, 0.3) is 0 Å². The summed E-state index contributed by atoms with van der Waals surface area (Å²) < 4.78 is 0. The van der Waals surface area contributed by atoms with Gasteiger partial charge in [0, 0.05) is 11.0 Å². The van der Waals surface area contributed by atoms with Crippen LogP contribution in [0.5, 0.6) is 0 Å². The molecule has 0 unspecified atom stereocenters. The van der Waals surface area contributed by atoms with Crippen LogP contribution in [0.2, 0.25) is 0 Å². The lowest BCUT2D eigenvalue weighted by Crippen LogP contribution is -2.42. The molecule has 2 rings (SSSR count). The van der Waals surface area contributed by atoms with E-state index in [9.17, 15) is 9.90 Å². The predicted molar refractivity (Wildman–Crippen MR) is 73.1 cm³/mol. The summed E-state index contributed by atoms with van der Waals surface area (Å²) in [7, 11) is 0. The van der Waals surface area contributed by atoms with Crippen molar-refractivity contribution in [2.75, 3.05) is 0 Å². The van der Waals surface area contributed by atoms with E-state index in [4.69, 9.17) is 0 Å². The van der Waals surface area contributed by atoms with Gasteiger partial charge in [-0.3, -0.25) is 4.79 Å². The summed E-state index contributed by atoms with van der Waals surface area (Å²) in [6.45, 7) is 10.5. The third-order valence-corrected chi connectivity index (χ3v) is 4.75. The molecule has 1 N–H and O–H groups in total. The summed E-state index contributed by atoms with van der Waals surface area (Å²) in [5.41, 5.74) is 1.78. The van der Waals surface area contributed by atoms with E-state index < -0.39 is 0 Å². The zero-order valence-corrected chi connectivity index (χ0v) is 12.1. The molecule has 3 atom stereocenters. The lowest BCUT2D eigenvalue weighted by Gasteiger charge is -2.46. The topological polar surface area (TPSA) is 37.3 Å². The summed E-state index contributed by atoms with van der Waals surface area (Å²) in [6.07, 6.45) is 5.29. The first-order valence-electron chi connectivity index (χ1n) is 6.83. The van der Waals surface area contributed by atoms with Crippen molar-refractivity contribution in [1.29, 1.82) is 0 Å². The quantitative estimate of drug-likeness (QED) is 0.714. The smallest absolute Gasteiger partial charge is 0.182 e. The Morgan fingerprint density at radius 3 is 2.56 bits per heavy atom. The zero-order valence-electron chi connectivity index (χ0n) is 12.1. The minimum absolute atomic E-state index is 0.135. The number of allylic oxidation sites excluding steroid dienone is 4. The van der Waals surface area contributed by atoms with Gasteiger partial charge in [0.2, 0.25) is 0 Å². The Morgan fingerprint density at radius 1 is 1.39 bits per heavy atom. The van der Waals surface area contributed by atoms with Crippen LogP contribution in [-0.2, 0) is 4.79 Å². The highest BCUT2D eigenvalue weighted by Gasteiger charge is 2.44. The SMILES string of the molecule is C[C@H]1[C@H](O)CCC2=CC(=O)C(C(C)(C)C)=C[C@@]21C. The van der Waals surface area contributed by atoms with Crippen molar-refractivity contribution in [3.8, 4) is 0 Å². The highest BCUT2D eigenvalue weighted by Crippen LogP contribution is 2.50. The molecular weight excluding hydrogens is 224 g/mol. The average Bonchev–Trinajstić information content (AvgIpc) is 2.25. The minimum Gasteiger partial charge on any atom is -0.393 e. The fourth-order valence-corrected chi connectivity index (χ4v) is 3.16. The normalized spacial score (nSPS) is 36.9. The van der Waals surface area contributed by atoms with Gasteiger partial charge < -0.3 is 5.11 Å². The van der Waals surface area contributed by atoms with Crippen LogP contribution in [0, 0.1) is 16.7 Å². The van der Waals surface area contributed by atoms with E-state index in [1.54, 1.807) is 0 Å². The number of aliphatic hydroxyl groups excluding tert-OH is 1. The maximum Gasteiger partial charge on any atom is 0.182 e. The number of aliphatic hydroxyl groups is 1. The second-order valence-corrected chi connectivity index (χ2v) is 7.02. The molecule has 2 nitrogen and oxygen atoms in total. The van der Waals surface area contributed by atoms with Crippen LogP contribution in [-0.4, -0.2) is 17.0 Å². The minimum atomic E-state index is -0.266. The maximum atomic E-state index is 12.2. The molecule has 1 saturated carbocycles. The summed E-state index contributed by atoms with van der Waals surface area (Å²) >= 11 is 0. The van der Waals surface area contributed by atoms with Crippen molar-refractivity contribution in [3.05, 3.63) is 23.3 Å². The van der Waals surface area contributed by atoms with Crippen LogP contribution < -0.4 is 0 Å². The Morgan fingerprint density at radius 2 is 2.00 bits per heavy atom. The van der Waals surface area contributed by atoms with Gasteiger partial charge in [-0.1, -0.05) is 46.3 Å². The molecular formula is C16H24O2. The van der Waals surface area contributed by atoms with E-state index in [0.717, 1.165) is 18.4 Å². The van der Waals surface area contributed by atoms with Crippen molar-refractivity contribution < 1.29 is 9.90 Å². The standard InChI is InChI=1S/C16H24O2/c1-10-13(17)7-6-11-8-14(18)12(15(2,3)4)9-16(10,11)5/h8-10,13,17H,6-7H2,1-5H3/t10-,13+,16+/m0/s1. The molecule has 1 fully saturated rings. The van der Waals surface area contributed by atoms with Gasteiger partial charge in [-0.05, 0) is 30.3 Å². The number of ketones is 1. The Labute approximate surface area is 110 Å². The van der Waals surface area contributed by atoms with E-state index >= 15 is 0 Å². The second kappa shape index (κ2) is 4.06. The molecule has 0 radical (unpaired) electrons. The lowest BCUT2D eigenvalue weighted by atomic mass is 9.59. The van der Waals surface area contributed by atoms with Crippen LogP contribution in [0.4, 0.5) is 0 Å². The number of hydrogen-bond donors (Lipinski definition) is 1. The van der Waals surface area contributed by atoms with Crippen LogP contribution in [0.3, 0.4) is 0 Å². The molecule has 0 heterocycles. The molecule has 0 aromatic carbocycles. The van der Waals surface area contributed by atoms with Gasteiger partial charge in [0.1, 0.15) is 0 Å².